The van der Waals surface area contributed by atoms with Gasteiger partial charge in [0.2, 0.25) is 0 Å². The Morgan fingerprint density at radius 1 is 1.33 bits per heavy atom. The van der Waals surface area contributed by atoms with Gasteiger partial charge in [0, 0.05) is 5.57 Å². The largest absolute Gasteiger partial charge is 0.477 e. The molecule has 0 radical (unpaired) electrons. The van der Waals surface area contributed by atoms with Crippen LogP contribution in [0, 0.1) is 0 Å². The van der Waals surface area contributed by atoms with Crippen LogP contribution in [0.1, 0.15) is 12.5 Å². The molecule has 0 aliphatic rings. The summed E-state index contributed by atoms with van der Waals surface area (Å²) in [5.74, 6) is -5.94. The number of hydrogen-bond donors (Lipinski definition) is 1. The van der Waals surface area contributed by atoms with Gasteiger partial charge in [-0.2, -0.15) is 8.78 Å². The fraction of sp³-hybridized carbons (Fsp3) is 0.182. The third-order valence-corrected chi connectivity index (χ3v) is 1.95. The van der Waals surface area contributed by atoms with Gasteiger partial charge < -0.3 is 5.11 Å². The molecule has 0 unspecified atom stereocenters. The van der Waals surface area contributed by atoms with Crippen molar-refractivity contribution in [2.24, 2.45) is 0 Å². The maximum atomic E-state index is 13.0. The van der Waals surface area contributed by atoms with Gasteiger partial charge in [0.15, 0.2) is 0 Å². The molecule has 1 rings (SSSR count). The van der Waals surface area contributed by atoms with E-state index in [2.05, 4.69) is 0 Å². The standard InChI is InChI=1S/C11H10F2O2/c1-8(11(12,13)10(14)15)7-9-5-3-2-4-6-9/h2-7H,1H3,(H,14,15)/b8-7+. The first-order chi connectivity index (χ1) is 6.94. The first kappa shape index (κ1) is 11.4. The minimum absolute atomic E-state index is 0.485. The number of carbonyl (C=O) groups is 1. The smallest absolute Gasteiger partial charge is 0.379 e. The SMILES string of the molecule is C/C(=C\c1ccccc1)C(F)(F)C(=O)O. The highest BCUT2D eigenvalue weighted by atomic mass is 19.3. The van der Waals surface area contributed by atoms with Crippen LogP contribution in [-0.4, -0.2) is 17.0 Å². The molecule has 0 saturated carbocycles. The minimum Gasteiger partial charge on any atom is -0.477 e. The van der Waals surface area contributed by atoms with E-state index in [0.717, 1.165) is 13.0 Å². The molecule has 0 aliphatic carbocycles. The molecule has 0 amide bonds. The van der Waals surface area contributed by atoms with Gasteiger partial charge in [-0.25, -0.2) is 4.79 Å². The molecule has 1 aromatic rings. The summed E-state index contributed by atoms with van der Waals surface area (Å²) < 4.78 is 25.9. The number of benzene rings is 1. The molecule has 4 heteroatoms. The van der Waals surface area contributed by atoms with Crippen molar-refractivity contribution < 1.29 is 18.7 Å². The number of rotatable bonds is 3. The van der Waals surface area contributed by atoms with Gasteiger partial charge in [-0.15, -0.1) is 0 Å². The molecular formula is C11H10F2O2. The molecule has 15 heavy (non-hydrogen) atoms. The van der Waals surface area contributed by atoms with Crippen molar-refractivity contribution in [3.05, 3.63) is 41.5 Å². The second-order valence-electron chi connectivity index (χ2n) is 3.12. The van der Waals surface area contributed by atoms with E-state index in [9.17, 15) is 13.6 Å². The fourth-order valence-corrected chi connectivity index (χ4v) is 1.06. The van der Waals surface area contributed by atoms with E-state index in [1.54, 1.807) is 30.3 Å². The van der Waals surface area contributed by atoms with Crippen molar-refractivity contribution in [3.8, 4) is 0 Å². The van der Waals surface area contributed by atoms with Crippen LogP contribution in [-0.2, 0) is 4.79 Å². The second-order valence-corrected chi connectivity index (χ2v) is 3.12. The van der Waals surface area contributed by atoms with Crippen LogP contribution in [0.5, 0.6) is 0 Å². The highest BCUT2D eigenvalue weighted by Crippen LogP contribution is 2.25. The summed E-state index contributed by atoms with van der Waals surface area (Å²) in [6.45, 7) is 1.10. The number of halogens is 2. The molecule has 0 aromatic heterocycles. The van der Waals surface area contributed by atoms with Gasteiger partial charge in [0.05, 0.1) is 0 Å². The maximum absolute atomic E-state index is 13.0. The van der Waals surface area contributed by atoms with Crippen molar-refractivity contribution in [2.75, 3.05) is 0 Å². The molecule has 80 valence electrons. The molecule has 0 atom stereocenters. The van der Waals surface area contributed by atoms with Crippen LogP contribution >= 0.6 is 0 Å². The van der Waals surface area contributed by atoms with E-state index in [4.69, 9.17) is 5.11 Å². The first-order valence-electron chi connectivity index (χ1n) is 4.29. The highest BCUT2D eigenvalue weighted by Gasteiger charge is 2.40. The van der Waals surface area contributed by atoms with E-state index in [-0.39, 0.29) is 0 Å². The van der Waals surface area contributed by atoms with Crippen molar-refractivity contribution in [1.29, 1.82) is 0 Å². The predicted octanol–water partition coefficient (Wildman–Crippen LogP) is 2.81. The van der Waals surface area contributed by atoms with Crippen LogP contribution in [0.3, 0.4) is 0 Å². The molecular weight excluding hydrogens is 202 g/mol. The lowest BCUT2D eigenvalue weighted by Gasteiger charge is -2.11. The van der Waals surface area contributed by atoms with E-state index in [0.29, 0.717) is 5.56 Å². The zero-order chi connectivity index (χ0) is 11.5. The van der Waals surface area contributed by atoms with E-state index in [1.807, 2.05) is 0 Å². The Morgan fingerprint density at radius 2 is 1.87 bits per heavy atom. The molecule has 0 fully saturated rings. The summed E-state index contributed by atoms with van der Waals surface area (Å²) in [6.07, 6.45) is 1.16. The van der Waals surface area contributed by atoms with Crippen molar-refractivity contribution >= 4 is 12.0 Å². The maximum Gasteiger partial charge on any atom is 0.379 e. The molecule has 0 saturated heterocycles. The topological polar surface area (TPSA) is 37.3 Å². The van der Waals surface area contributed by atoms with Crippen molar-refractivity contribution in [3.63, 3.8) is 0 Å². The van der Waals surface area contributed by atoms with Crippen LogP contribution in [0.4, 0.5) is 8.78 Å². The summed E-state index contributed by atoms with van der Waals surface area (Å²) in [4.78, 5) is 10.3. The fourth-order valence-electron chi connectivity index (χ4n) is 1.06. The number of carboxylic acids is 1. The Bertz CT molecular complexity index is 383. The lowest BCUT2D eigenvalue weighted by atomic mass is 10.1. The normalized spacial score (nSPS) is 12.6. The van der Waals surface area contributed by atoms with Gasteiger partial charge >= 0.3 is 11.9 Å². The molecule has 2 nitrogen and oxygen atoms in total. The summed E-state index contributed by atoms with van der Waals surface area (Å²) >= 11 is 0. The zero-order valence-electron chi connectivity index (χ0n) is 8.08. The Balaban J connectivity index is 2.99. The monoisotopic (exact) mass is 212 g/mol. The zero-order valence-corrected chi connectivity index (χ0v) is 8.08. The number of aliphatic carboxylic acids is 1. The molecule has 1 aromatic carbocycles. The van der Waals surface area contributed by atoms with Crippen molar-refractivity contribution in [2.45, 2.75) is 12.8 Å². The third kappa shape index (κ3) is 2.62. The van der Waals surface area contributed by atoms with E-state index >= 15 is 0 Å². The van der Waals surface area contributed by atoms with Gasteiger partial charge in [-0.05, 0) is 18.6 Å². The highest BCUT2D eigenvalue weighted by molar-refractivity contribution is 5.81. The minimum atomic E-state index is -3.81. The summed E-state index contributed by atoms with van der Waals surface area (Å²) in [5, 5.41) is 8.30. The molecule has 0 spiro atoms. The van der Waals surface area contributed by atoms with Crippen LogP contribution < -0.4 is 0 Å². The average molecular weight is 212 g/mol. The average Bonchev–Trinajstić information content (AvgIpc) is 2.18. The molecule has 0 bridgehead atoms. The first-order valence-corrected chi connectivity index (χ1v) is 4.29. The Labute approximate surface area is 85.9 Å². The van der Waals surface area contributed by atoms with Crippen LogP contribution in [0.15, 0.2) is 35.9 Å². The summed E-state index contributed by atoms with van der Waals surface area (Å²) in [6, 6.07) is 8.39. The second kappa shape index (κ2) is 4.21. The molecule has 0 aliphatic heterocycles. The molecule has 1 N–H and O–H groups in total. The van der Waals surface area contributed by atoms with E-state index in [1.165, 1.54) is 0 Å². The lowest BCUT2D eigenvalue weighted by Crippen LogP contribution is -2.29. The predicted molar refractivity (Wildman–Crippen MR) is 52.7 cm³/mol. The number of hydrogen-bond acceptors (Lipinski definition) is 1. The number of alkyl halides is 2. The third-order valence-electron chi connectivity index (χ3n) is 1.95. The summed E-state index contributed by atoms with van der Waals surface area (Å²) in [5.41, 5.74) is 0.0668. The quantitative estimate of drug-likeness (QED) is 0.836. The van der Waals surface area contributed by atoms with Crippen LogP contribution in [0.25, 0.3) is 6.08 Å². The Morgan fingerprint density at radius 3 is 2.33 bits per heavy atom. The van der Waals surface area contributed by atoms with E-state index < -0.39 is 17.5 Å². The van der Waals surface area contributed by atoms with Gasteiger partial charge in [0.25, 0.3) is 0 Å². The van der Waals surface area contributed by atoms with Crippen molar-refractivity contribution in [1.82, 2.24) is 0 Å². The Kier molecular flexibility index (Phi) is 3.19. The van der Waals surface area contributed by atoms with Gasteiger partial charge in [-0.3, -0.25) is 0 Å². The van der Waals surface area contributed by atoms with Crippen LogP contribution in [0.2, 0.25) is 0 Å². The summed E-state index contributed by atoms with van der Waals surface area (Å²) in [7, 11) is 0. The van der Waals surface area contributed by atoms with Gasteiger partial charge in [0.1, 0.15) is 0 Å². The Hall–Kier alpha value is -1.71. The molecule has 0 heterocycles. The number of carboxylic acid groups (broad SMARTS) is 1. The van der Waals surface area contributed by atoms with Gasteiger partial charge in [-0.1, -0.05) is 30.3 Å². The lowest BCUT2D eigenvalue weighted by molar-refractivity contribution is -0.159.